The van der Waals surface area contributed by atoms with Crippen molar-refractivity contribution in [1.29, 1.82) is 0 Å². The van der Waals surface area contributed by atoms with Crippen LogP contribution in [0.5, 0.6) is 0 Å². The number of carbonyl (C=O) groups is 2. The summed E-state index contributed by atoms with van der Waals surface area (Å²) in [6, 6.07) is 9.43. The maximum absolute atomic E-state index is 12.5. The molecular formula is C18H23NO4. The molecule has 1 heterocycles. The molecule has 5 nitrogen and oxygen atoms in total. The van der Waals surface area contributed by atoms with Gasteiger partial charge in [-0.05, 0) is 18.4 Å². The highest BCUT2D eigenvalue weighted by atomic mass is 16.6. The van der Waals surface area contributed by atoms with E-state index in [4.69, 9.17) is 9.47 Å². The molecule has 3 rings (SSSR count). The lowest BCUT2D eigenvalue weighted by Gasteiger charge is -2.40. The standard InChI is InChI=1S/C18H23NO4/c20-17-9-5-4-8-15(17)16-13-22-11-10-19(16)18(21)23-12-14-6-2-1-3-7-14/h1-3,6-7,15-16H,4-5,8-13H2. The van der Waals surface area contributed by atoms with Crippen LogP contribution in [0.15, 0.2) is 30.3 Å². The van der Waals surface area contributed by atoms with Crippen molar-refractivity contribution in [2.75, 3.05) is 19.8 Å². The highest BCUT2D eigenvalue weighted by Gasteiger charge is 2.38. The van der Waals surface area contributed by atoms with Crippen molar-refractivity contribution < 1.29 is 19.1 Å². The summed E-state index contributed by atoms with van der Waals surface area (Å²) in [5, 5.41) is 0. The maximum atomic E-state index is 12.5. The van der Waals surface area contributed by atoms with Gasteiger partial charge in [0.15, 0.2) is 0 Å². The molecule has 0 aromatic heterocycles. The van der Waals surface area contributed by atoms with Crippen molar-refractivity contribution in [3.63, 3.8) is 0 Å². The third kappa shape index (κ3) is 3.91. The zero-order valence-corrected chi connectivity index (χ0v) is 13.3. The number of hydrogen-bond acceptors (Lipinski definition) is 4. The Labute approximate surface area is 136 Å². The highest BCUT2D eigenvalue weighted by Crippen LogP contribution is 2.28. The summed E-state index contributed by atoms with van der Waals surface area (Å²) in [5.41, 5.74) is 0.958. The molecule has 0 spiro atoms. The van der Waals surface area contributed by atoms with Crippen molar-refractivity contribution in [2.45, 2.75) is 38.3 Å². The third-order valence-electron chi connectivity index (χ3n) is 4.67. The largest absolute Gasteiger partial charge is 0.445 e. The van der Waals surface area contributed by atoms with Gasteiger partial charge in [-0.25, -0.2) is 4.79 Å². The summed E-state index contributed by atoms with van der Waals surface area (Å²) >= 11 is 0. The van der Waals surface area contributed by atoms with Crippen molar-refractivity contribution in [2.24, 2.45) is 5.92 Å². The topological polar surface area (TPSA) is 55.8 Å². The Kier molecular flexibility index (Phi) is 5.28. The van der Waals surface area contributed by atoms with Crippen LogP contribution in [0.3, 0.4) is 0 Å². The van der Waals surface area contributed by atoms with Gasteiger partial charge in [-0.3, -0.25) is 9.69 Å². The van der Waals surface area contributed by atoms with Crippen LogP contribution in [0, 0.1) is 5.92 Å². The Bertz CT molecular complexity index is 545. The van der Waals surface area contributed by atoms with E-state index in [1.54, 1.807) is 4.90 Å². The number of Topliss-reactive ketones (excluding diaryl/α,β-unsaturated/α-hetero) is 1. The maximum Gasteiger partial charge on any atom is 0.410 e. The third-order valence-corrected chi connectivity index (χ3v) is 4.67. The van der Waals surface area contributed by atoms with Crippen molar-refractivity contribution in [3.05, 3.63) is 35.9 Å². The number of hydrogen-bond donors (Lipinski definition) is 0. The zero-order valence-electron chi connectivity index (χ0n) is 13.3. The summed E-state index contributed by atoms with van der Waals surface area (Å²) in [6.45, 7) is 1.67. The number of morpholine rings is 1. The van der Waals surface area contributed by atoms with Crippen molar-refractivity contribution in [3.8, 4) is 0 Å². The molecule has 2 unspecified atom stereocenters. The van der Waals surface area contributed by atoms with Gasteiger partial charge < -0.3 is 9.47 Å². The second kappa shape index (κ2) is 7.59. The predicted molar refractivity (Wildman–Crippen MR) is 84.9 cm³/mol. The first-order valence-corrected chi connectivity index (χ1v) is 8.33. The van der Waals surface area contributed by atoms with Gasteiger partial charge >= 0.3 is 6.09 Å². The van der Waals surface area contributed by atoms with E-state index in [1.165, 1.54) is 0 Å². The van der Waals surface area contributed by atoms with Gasteiger partial charge in [-0.1, -0.05) is 36.8 Å². The molecule has 1 aromatic rings. The van der Waals surface area contributed by atoms with Crippen molar-refractivity contribution >= 4 is 11.9 Å². The molecule has 2 aliphatic rings. The quantitative estimate of drug-likeness (QED) is 0.860. The predicted octanol–water partition coefficient (Wildman–Crippen LogP) is 2.78. The number of rotatable bonds is 3. The molecule has 124 valence electrons. The van der Waals surface area contributed by atoms with E-state index >= 15 is 0 Å². The number of nitrogens with zero attached hydrogens (tertiary/aromatic N) is 1. The Morgan fingerprint density at radius 3 is 2.87 bits per heavy atom. The summed E-state index contributed by atoms with van der Waals surface area (Å²) in [5.74, 6) is 0.154. The second-order valence-corrected chi connectivity index (χ2v) is 6.19. The fraction of sp³-hybridized carbons (Fsp3) is 0.556. The lowest BCUT2D eigenvalue weighted by atomic mass is 9.82. The lowest BCUT2D eigenvalue weighted by molar-refractivity contribution is -0.129. The normalized spacial score (nSPS) is 25.2. The Balaban J connectivity index is 1.63. The molecule has 1 aliphatic heterocycles. The van der Waals surface area contributed by atoms with E-state index in [0.717, 1.165) is 24.8 Å². The average Bonchev–Trinajstić information content (AvgIpc) is 2.61. The van der Waals surface area contributed by atoms with E-state index in [1.807, 2.05) is 30.3 Å². The van der Waals surface area contributed by atoms with E-state index in [-0.39, 0.29) is 30.4 Å². The molecule has 1 saturated heterocycles. The second-order valence-electron chi connectivity index (χ2n) is 6.19. The fourth-order valence-corrected chi connectivity index (χ4v) is 3.40. The lowest BCUT2D eigenvalue weighted by Crippen LogP contribution is -2.54. The summed E-state index contributed by atoms with van der Waals surface area (Å²) in [4.78, 5) is 26.4. The molecule has 1 aliphatic carbocycles. The molecule has 0 radical (unpaired) electrons. The molecular weight excluding hydrogens is 294 g/mol. The van der Waals surface area contributed by atoms with Gasteiger partial charge in [0.1, 0.15) is 12.4 Å². The van der Waals surface area contributed by atoms with Crippen LogP contribution in [0.25, 0.3) is 0 Å². The smallest absolute Gasteiger partial charge is 0.410 e. The zero-order chi connectivity index (χ0) is 16.1. The van der Waals surface area contributed by atoms with Crippen LogP contribution in [0.1, 0.15) is 31.2 Å². The molecule has 2 atom stereocenters. The highest BCUT2D eigenvalue weighted by molar-refractivity contribution is 5.83. The Morgan fingerprint density at radius 2 is 2.09 bits per heavy atom. The van der Waals surface area contributed by atoms with E-state index in [0.29, 0.717) is 26.2 Å². The monoisotopic (exact) mass is 317 g/mol. The van der Waals surface area contributed by atoms with Gasteiger partial charge in [-0.15, -0.1) is 0 Å². The summed E-state index contributed by atoms with van der Waals surface area (Å²) in [6.07, 6.45) is 3.12. The van der Waals surface area contributed by atoms with Crippen LogP contribution in [-0.4, -0.2) is 42.6 Å². The molecule has 5 heteroatoms. The molecule has 2 fully saturated rings. The molecule has 1 saturated carbocycles. The van der Waals surface area contributed by atoms with Crippen LogP contribution in [0.2, 0.25) is 0 Å². The van der Waals surface area contributed by atoms with Gasteiger partial charge in [0.05, 0.1) is 19.3 Å². The minimum absolute atomic E-state index is 0.103. The number of carbonyl (C=O) groups excluding carboxylic acids is 2. The first-order chi connectivity index (χ1) is 11.3. The molecule has 23 heavy (non-hydrogen) atoms. The molecule has 1 amide bonds. The number of ketones is 1. The summed E-state index contributed by atoms with van der Waals surface area (Å²) < 4.78 is 11.0. The Hall–Kier alpha value is -1.88. The number of ether oxygens (including phenoxy) is 2. The van der Waals surface area contributed by atoms with Crippen LogP contribution in [0.4, 0.5) is 4.79 Å². The molecule has 1 aromatic carbocycles. The minimum atomic E-state index is -0.347. The molecule has 0 N–H and O–H groups in total. The first-order valence-electron chi connectivity index (χ1n) is 8.33. The summed E-state index contributed by atoms with van der Waals surface area (Å²) in [7, 11) is 0. The van der Waals surface area contributed by atoms with Crippen LogP contribution in [-0.2, 0) is 20.9 Å². The van der Waals surface area contributed by atoms with Gasteiger partial charge in [-0.2, -0.15) is 0 Å². The van der Waals surface area contributed by atoms with Gasteiger partial charge in [0.2, 0.25) is 0 Å². The van der Waals surface area contributed by atoms with Crippen LogP contribution >= 0.6 is 0 Å². The molecule has 0 bridgehead atoms. The van der Waals surface area contributed by atoms with E-state index < -0.39 is 0 Å². The fourth-order valence-electron chi connectivity index (χ4n) is 3.40. The average molecular weight is 317 g/mol. The van der Waals surface area contributed by atoms with Crippen LogP contribution < -0.4 is 0 Å². The van der Waals surface area contributed by atoms with E-state index in [2.05, 4.69) is 0 Å². The first kappa shape index (κ1) is 16.0. The Morgan fingerprint density at radius 1 is 1.26 bits per heavy atom. The number of benzene rings is 1. The minimum Gasteiger partial charge on any atom is -0.445 e. The number of amides is 1. The SMILES string of the molecule is O=C1CCCCC1C1COCCN1C(=O)OCc1ccccc1. The van der Waals surface area contributed by atoms with E-state index in [9.17, 15) is 9.59 Å². The van der Waals surface area contributed by atoms with Crippen molar-refractivity contribution in [1.82, 2.24) is 4.90 Å². The van der Waals surface area contributed by atoms with Gasteiger partial charge in [0.25, 0.3) is 0 Å². The van der Waals surface area contributed by atoms with Gasteiger partial charge in [0, 0.05) is 18.9 Å².